The largest absolute Gasteiger partial charge is 0.384 e. The van der Waals surface area contributed by atoms with Crippen molar-refractivity contribution in [1.29, 1.82) is 0 Å². The fourth-order valence-electron chi connectivity index (χ4n) is 6.41. The number of alkyl halides is 1. The summed E-state index contributed by atoms with van der Waals surface area (Å²) in [6.07, 6.45) is 6.06. The second-order valence-corrected chi connectivity index (χ2v) is 10.4. The molecule has 2 aliphatic carbocycles. The molecule has 0 aromatic heterocycles. The minimum atomic E-state index is -0.777. The number of methoxy groups -OCH3 is 1. The zero-order valence-electron chi connectivity index (χ0n) is 19.7. The van der Waals surface area contributed by atoms with E-state index >= 15 is 0 Å². The molecule has 2 saturated carbocycles. The summed E-state index contributed by atoms with van der Waals surface area (Å²) >= 11 is 0. The van der Waals surface area contributed by atoms with Crippen molar-refractivity contribution in [2.75, 3.05) is 39.9 Å². The van der Waals surface area contributed by atoms with Crippen LogP contribution in [0.2, 0.25) is 0 Å². The van der Waals surface area contributed by atoms with E-state index in [0.29, 0.717) is 37.8 Å². The summed E-state index contributed by atoms with van der Waals surface area (Å²) in [6.45, 7) is 5.99. The summed E-state index contributed by atoms with van der Waals surface area (Å²) in [5, 5.41) is 6.75. The van der Waals surface area contributed by atoms with Gasteiger partial charge in [-0.3, -0.25) is 14.5 Å². The molecule has 7 atom stereocenters. The van der Waals surface area contributed by atoms with Gasteiger partial charge in [-0.15, -0.1) is 0 Å². The highest BCUT2D eigenvalue weighted by molar-refractivity contribution is 5.82. The van der Waals surface area contributed by atoms with Crippen LogP contribution in [0.25, 0.3) is 0 Å². The van der Waals surface area contributed by atoms with E-state index < -0.39 is 6.17 Å². The number of nitrogens with one attached hydrogen (secondary N) is 2. The Morgan fingerprint density at radius 2 is 1.88 bits per heavy atom. The summed E-state index contributed by atoms with van der Waals surface area (Å²) < 4.78 is 19.4. The predicted molar refractivity (Wildman–Crippen MR) is 121 cm³/mol. The molecule has 4 rings (SSSR count). The first kappa shape index (κ1) is 23.9. The van der Waals surface area contributed by atoms with Crippen LogP contribution in [0.15, 0.2) is 0 Å². The highest BCUT2D eigenvalue weighted by atomic mass is 19.1. The average molecular weight is 453 g/mol. The van der Waals surface area contributed by atoms with Crippen molar-refractivity contribution in [2.45, 2.75) is 88.6 Å². The first-order valence-corrected chi connectivity index (χ1v) is 12.7. The molecular weight excluding hydrogens is 411 g/mol. The van der Waals surface area contributed by atoms with Crippen molar-refractivity contribution in [3.63, 3.8) is 0 Å². The van der Waals surface area contributed by atoms with Crippen LogP contribution in [-0.4, -0.2) is 91.8 Å². The number of fused-ring (bicyclic) bond motifs is 1. The summed E-state index contributed by atoms with van der Waals surface area (Å²) in [5.41, 5.74) is 0. The number of hydrogen-bond acceptors (Lipinski definition) is 5. The van der Waals surface area contributed by atoms with Gasteiger partial charge in [0, 0.05) is 57.3 Å². The highest BCUT2D eigenvalue weighted by Crippen LogP contribution is 2.38. The predicted octanol–water partition coefficient (Wildman–Crippen LogP) is 1.71. The molecule has 0 radical (unpaired) electrons. The van der Waals surface area contributed by atoms with E-state index in [2.05, 4.69) is 22.5 Å². The Hall–Kier alpha value is -1.25. The molecule has 4 aliphatic rings. The molecule has 0 aromatic rings. The summed E-state index contributed by atoms with van der Waals surface area (Å²) in [5.74, 6) is 0.646. The molecule has 0 bridgehead atoms. The van der Waals surface area contributed by atoms with Crippen LogP contribution in [-0.2, 0) is 14.3 Å². The Balaban J connectivity index is 1.23. The lowest BCUT2D eigenvalue weighted by atomic mass is 9.77. The van der Waals surface area contributed by atoms with Gasteiger partial charge in [-0.25, -0.2) is 4.39 Å². The van der Waals surface area contributed by atoms with Crippen LogP contribution in [0.3, 0.4) is 0 Å². The van der Waals surface area contributed by atoms with Crippen LogP contribution in [0.5, 0.6) is 0 Å². The topological polar surface area (TPSA) is 73.9 Å². The third kappa shape index (κ3) is 5.45. The molecule has 7 nitrogen and oxygen atoms in total. The van der Waals surface area contributed by atoms with Crippen molar-refractivity contribution >= 4 is 11.8 Å². The lowest BCUT2D eigenvalue weighted by Crippen LogP contribution is -2.55. The van der Waals surface area contributed by atoms with Crippen molar-refractivity contribution in [3.05, 3.63) is 0 Å². The van der Waals surface area contributed by atoms with Gasteiger partial charge in [-0.2, -0.15) is 0 Å². The fourth-order valence-corrected chi connectivity index (χ4v) is 6.41. The Kier molecular flexibility index (Phi) is 8.05. The standard InChI is InChI=1S/C24H41FN4O3/c1-16-6-7-20(25)19-15-21(27-23(16)19)24(31)26-17-4-3-5-18(14-17)28-9-11-29(12-10-28)22(30)8-13-32-2/h16-21,23,27H,3-15H2,1-2H3,(H,26,31). The van der Waals surface area contributed by atoms with Crippen LogP contribution < -0.4 is 10.6 Å². The van der Waals surface area contributed by atoms with E-state index in [0.717, 1.165) is 58.3 Å². The maximum absolute atomic E-state index is 14.4. The summed E-state index contributed by atoms with van der Waals surface area (Å²) in [7, 11) is 1.62. The SMILES string of the molecule is COCCC(=O)N1CCN(C2CCCC(NC(=O)C3CC4C(F)CCC(C)C4N3)C2)CC1. The lowest BCUT2D eigenvalue weighted by molar-refractivity contribution is -0.134. The molecule has 0 spiro atoms. The number of ether oxygens (including phenoxy) is 1. The van der Waals surface area contributed by atoms with Crippen molar-refractivity contribution in [1.82, 2.24) is 20.4 Å². The second kappa shape index (κ2) is 10.8. The lowest BCUT2D eigenvalue weighted by Gasteiger charge is -2.42. The van der Waals surface area contributed by atoms with E-state index in [-0.39, 0.29) is 35.9 Å². The monoisotopic (exact) mass is 452 g/mol. The van der Waals surface area contributed by atoms with E-state index in [9.17, 15) is 14.0 Å². The van der Waals surface area contributed by atoms with Gasteiger partial charge in [0.2, 0.25) is 11.8 Å². The van der Waals surface area contributed by atoms with Crippen LogP contribution in [0.1, 0.15) is 58.3 Å². The third-order valence-corrected chi connectivity index (χ3v) is 8.35. The molecule has 7 unspecified atom stereocenters. The van der Waals surface area contributed by atoms with Gasteiger partial charge >= 0.3 is 0 Å². The van der Waals surface area contributed by atoms with Crippen LogP contribution in [0.4, 0.5) is 4.39 Å². The zero-order valence-corrected chi connectivity index (χ0v) is 19.7. The fraction of sp³-hybridized carbons (Fsp3) is 0.917. The van der Waals surface area contributed by atoms with E-state index in [1.807, 2.05) is 4.90 Å². The molecule has 8 heteroatoms. The quantitative estimate of drug-likeness (QED) is 0.642. The number of piperazine rings is 1. The minimum Gasteiger partial charge on any atom is -0.384 e. The molecule has 2 heterocycles. The first-order chi connectivity index (χ1) is 15.5. The number of rotatable bonds is 6. The number of amides is 2. The van der Waals surface area contributed by atoms with Gasteiger partial charge < -0.3 is 20.3 Å². The van der Waals surface area contributed by atoms with Gasteiger partial charge in [-0.1, -0.05) is 6.92 Å². The molecular formula is C24H41FN4O3. The van der Waals surface area contributed by atoms with Gasteiger partial charge in [-0.05, 0) is 50.9 Å². The van der Waals surface area contributed by atoms with E-state index in [1.54, 1.807) is 7.11 Å². The Morgan fingerprint density at radius 1 is 1.09 bits per heavy atom. The third-order valence-electron chi connectivity index (χ3n) is 8.35. The molecule has 2 saturated heterocycles. The summed E-state index contributed by atoms with van der Waals surface area (Å²) in [4.78, 5) is 29.7. The minimum absolute atomic E-state index is 0.0171. The van der Waals surface area contributed by atoms with Crippen LogP contribution >= 0.6 is 0 Å². The second-order valence-electron chi connectivity index (χ2n) is 10.4. The average Bonchev–Trinajstić information content (AvgIpc) is 3.27. The number of nitrogens with zero attached hydrogens (tertiary/aromatic N) is 2. The number of carbonyl (C=O) groups excluding carboxylic acids is 2. The Morgan fingerprint density at radius 3 is 2.59 bits per heavy atom. The molecule has 2 aliphatic heterocycles. The number of carbonyl (C=O) groups is 2. The highest BCUT2D eigenvalue weighted by Gasteiger charge is 2.46. The van der Waals surface area contributed by atoms with Crippen molar-refractivity contribution < 1.29 is 18.7 Å². The molecule has 2 amide bonds. The number of hydrogen-bond donors (Lipinski definition) is 2. The molecule has 0 aromatic carbocycles. The van der Waals surface area contributed by atoms with Crippen LogP contribution in [0, 0.1) is 11.8 Å². The molecule has 32 heavy (non-hydrogen) atoms. The normalized spacial score (nSPS) is 38.3. The summed E-state index contributed by atoms with van der Waals surface area (Å²) in [6, 6.07) is 0.521. The Bertz CT molecular complexity index is 639. The van der Waals surface area contributed by atoms with Gasteiger partial charge in [0.1, 0.15) is 6.17 Å². The first-order valence-electron chi connectivity index (χ1n) is 12.7. The maximum atomic E-state index is 14.4. The zero-order chi connectivity index (χ0) is 22.7. The van der Waals surface area contributed by atoms with E-state index in [1.165, 1.54) is 0 Å². The van der Waals surface area contributed by atoms with Gasteiger partial charge in [0.25, 0.3) is 0 Å². The molecule has 182 valence electrons. The van der Waals surface area contributed by atoms with E-state index in [4.69, 9.17) is 4.74 Å². The maximum Gasteiger partial charge on any atom is 0.237 e. The molecule has 4 fully saturated rings. The number of halogens is 1. The van der Waals surface area contributed by atoms with Gasteiger partial charge in [0.15, 0.2) is 0 Å². The smallest absolute Gasteiger partial charge is 0.237 e. The molecule has 2 N–H and O–H groups in total. The van der Waals surface area contributed by atoms with Crippen molar-refractivity contribution in [3.8, 4) is 0 Å². The Labute approximate surface area is 191 Å². The van der Waals surface area contributed by atoms with Gasteiger partial charge in [0.05, 0.1) is 19.1 Å². The van der Waals surface area contributed by atoms with Crippen molar-refractivity contribution in [2.24, 2.45) is 11.8 Å².